The van der Waals surface area contributed by atoms with Crippen LogP contribution in [0.5, 0.6) is 0 Å². The molecule has 0 N–H and O–H groups in total. The van der Waals surface area contributed by atoms with Gasteiger partial charge in [-0.05, 0) is 33.9 Å². The van der Waals surface area contributed by atoms with Crippen LogP contribution in [0.4, 0.5) is 0 Å². The molecule has 0 heterocycles. The molecule has 1 aliphatic carbocycles. The van der Waals surface area contributed by atoms with Crippen LogP contribution in [0.1, 0.15) is 22.6 Å². The Labute approximate surface area is 107 Å². The van der Waals surface area contributed by atoms with Crippen LogP contribution >= 0.6 is 0 Å². The molecule has 1 unspecified atom stereocenters. The van der Waals surface area contributed by atoms with Crippen LogP contribution < -0.4 is 0 Å². The van der Waals surface area contributed by atoms with Crippen LogP contribution in [0.15, 0.2) is 66.7 Å². The lowest BCUT2D eigenvalue weighted by Crippen LogP contribution is -2.17. The molecule has 1 aliphatic rings. The molecule has 3 aromatic carbocycles. The zero-order valence-electron chi connectivity index (χ0n) is 10.1. The van der Waals surface area contributed by atoms with Gasteiger partial charge in [-0.2, -0.15) is 0 Å². The van der Waals surface area contributed by atoms with Crippen molar-refractivity contribution in [3.8, 4) is 0 Å². The smallest absolute Gasteiger partial charge is 0.0133 e. The molecule has 0 nitrogen and oxygen atoms in total. The second-order valence-electron chi connectivity index (χ2n) is 5.06. The van der Waals surface area contributed by atoms with Gasteiger partial charge in [0.1, 0.15) is 0 Å². The van der Waals surface area contributed by atoms with E-state index in [9.17, 15) is 0 Å². The Kier molecular flexibility index (Phi) is 2.04. The molecule has 18 heavy (non-hydrogen) atoms. The zero-order valence-corrected chi connectivity index (χ0v) is 10.1. The minimum atomic E-state index is 0.603. The van der Waals surface area contributed by atoms with Crippen molar-refractivity contribution in [1.29, 1.82) is 0 Å². The predicted octanol–water partition coefficient (Wildman–Crippen LogP) is 4.53. The Hall–Kier alpha value is -2.08. The molecule has 0 heteroatoms. The number of benzene rings is 3. The minimum Gasteiger partial charge on any atom is -0.0620 e. The first kappa shape index (κ1) is 9.90. The Morgan fingerprint density at radius 2 is 1.50 bits per heavy atom. The standard InChI is InChI=1S/C18H14/c1-2-6-14-11-16(10-9-13(14)5-1)18-12-15-7-3-4-8-17(15)18/h1-11,18H,12H2. The van der Waals surface area contributed by atoms with E-state index >= 15 is 0 Å². The maximum atomic E-state index is 2.34. The summed E-state index contributed by atoms with van der Waals surface area (Å²) in [5.74, 6) is 0.603. The molecule has 0 aliphatic heterocycles. The van der Waals surface area contributed by atoms with Gasteiger partial charge in [-0.3, -0.25) is 0 Å². The van der Waals surface area contributed by atoms with E-state index in [4.69, 9.17) is 0 Å². The number of fused-ring (bicyclic) bond motifs is 2. The summed E-state index contributed by atoms with van der Waals surface area (Å²) in [5.41, 5.74) is 4.47. The lowest BCUT2D eigenvalue weighted by atomic mass is 9.73. The normalized spacial score (nSPS) is 17.2. The van der Waals surface area contributed by atoms with Crippen molar-refractivity contribution < 1.29 is 0 Å². The summed E-state index contributed by atoms with van der Waals surface area (Å²) in [5, 5.41) is 2.67. The highest BCUT2D eigenvalue weighted by molar-refractivity contribution is 5.83. The lowest BCUT2D eigenvalue weighted by molar-refractivity contribution is 0.709. The Balaban J connectivity index is 1.81. The van der Waals surface area contributed by atoms with E-state index in [1.54, 1.807) is 0 Å². The third-order valence-electron chi connectivity index (χ3n) is 4.03. The maximum absolute atomic E-state index is 2.34. The van der Waals surface area contributed by atoms with Gasteiger partial charge in [0.25, 0.3) is 0 Å². The lowest BCUT2D eigenvalue weighted by Gasteiger charge is -2.30. The van der Waals surface area contributed by atoms with Gasteiger partial charge in [-0.15, -0.1) is 0 Å². The minimum absolute atomic E-state index is 0.603. The molecule has 0 radical (unpaired) electrons. The molecule has 0 saturated carbocycles. The monoisotopic (exact) mass is 230 g/mol. The van der Waals surface area contributed by atoms with Crippen LogP contribution in [0, 0.1) is 0 Å². The fourth-order valence-corrected chi connectivity index (χ4v) is 2.98. The SMILES string of the molecule is c1ccc2c(c1)CC2c1ccc2ccccc2c1. The Morgan fingerprint density at radius 1 is 0.722 bits per heavy atom. The van der Waals surface area contributed by atoms with Gasteiger partial charge >= 0.3 is 0 Å². The first-order valence-electron chi connectivity index (χ1n) is 6.48. The molecular weight excluding hydrogens is 216 g/mol. The summed E-state index contributed by atoms with van der Waals surface area (Å²) in [6.45, 7) is 0. The van der Waals surface area contributed by atoms with Crippen LogP contribution in [0.3, 0.4) is 0 Å². The largest absolute Gasteiger partial charge is 0.0620 e. The van der Waals surface area contributed by atoms with Gasteiger partial charge < -0.3 is 0 Å². The van der Waals surface area contributed by atoms with E-state index in [0.717, 1.165) is 0 Å². The Morgan fingerprint density at radius 3 is 2.39 bits per heavy atom. The third-order valence-corrected chi connectivity index (χ3v) is 4.03. The van der Waals surface area contributed by atoms with Gasteiger partial charge in [0.05, 0.1) is 0 Å². The maximum Gasteiger partial charge on any atom is 0.0133 e. The van der Waals surface area contributed by atoms with Crippen molar-refractivity contribution in [2.45, 2.75) is 12.3 Å². The van der Waals surface area contributed by atoms with Crippen molar-refractivity contribution in [1.82, 2.24) is 0 Å². The van der Waals surface area contributed by atoms with Gasteiger partial charge in [0.2, 0.25) is 0 Å². The van der Waals surface area contributed by atoms with E-state index in [1.807, 2.05) is 0 Å². The summed E-state index contributed by atoms with van der Waals surface area (Å²) < 4.78 is 0. The van der Waals surface area contributed by atoms with E-state index in [1.165, 1.54) is 33.9 Å². The summed E-state index contributed by atoms with van der Waals surface area (Å²) in [7, 11) is 0. The average Bonchev–Trinajstić information content (AvgIpc) is 2.40. The molecule has 1 atom stereocenters. The summed E-state index contributed by atoms with van der Waals surface area (Å²) in [4.78, 5) is 0. The van der Waals surface area contributed by atoms with Crippen molar-refractivity contribution in [2.75, 3.05) is 0 Å². The first-order chi connectivity index (χ1) is 8.92. The molecule has 0 fully saturated rings. The molecule has 86 valence electrons. The second kappa shape index (κ2) is 3.71. The van der Waals surface area contributed by atoms with E-state index < -0.39 is 0 Å². The van der Waals surface area contributed by atoms with Crippen LogP contribution in [0.2, 0.25) is 0 Å². The highest BCUT2D eigenvalue weighted by Crippen LogP contribution is 2.40. The summed E-state index contributed by atoms with van der Waals surface area (Å²) in [6, 6.07) is 24.2. The van der Waals surface area contributed by atoms with Crippen LogP contribution in [-0.4, -0.2) is 0 Å². The number of hydrogen-bond donors (Lipinski definition) is 0. The van der Waals surface area contributed by atoms with E-state index in [0.29, 0.717) is 5.92 Å². The van der Waals surface area contributed by atoms with Crippen LogP contribution in [-0.2, 0) is 6.42 Å². The van der Waals surface area contributed by atoms with Gasteiger partial charge in [-0.1, -0.05) is 66.7 Å². The number of hydrogen-bond acceptors (Lipinski definition) is 0. The Bertz CT molecular complexity index is 725. The zero-order chi connectivity index (χ0) is 11.9. The predicted molar refractivity (Wildman–Crippen MR) is 75.9 cm³/mol. The van der Waals surface area contributed by atoms with Crippen molar-refractivity contribution in [3.63, 3.8) is 0 Å². The summed E-state index contributed by atoms with van der Waals surface area (Å²) in [6.07, 6.45) is 1.19. The molecular formula is C18H14. The van der Waals surface area contributed by atoms with E-state index in [-0.39, 0.29) is 0 Å². The molecule has 4 rings (SSSR count). The molecule has 0 bridgehead atoms. The highest BCUT2D eigenvalue weighted by atomic mass is 14.3. The van der Waals surface area contributed by atoms with Gasteiger partial charge in [0.15, 0.2) is 0 Å². The molecule has 0 amide bonds. The van der Waals surface area contributed by atoms with E-state index in [2.05, 4.69) is 66.7 Å². The topological polar surface area (TPSA) is 0 Å². The summed E-state index contributed by atoms with van der Waals surface area (Å²) >= 11 is 0. The fraction of sp³-hybridized carbons (Fsp3) is 0.111. The molecule has 3 aromatic rings. The first-order valence-corrected chi connectivity index (χ1v) is 6.48. The van der Waals surface area contributed by atoms with Gasteiger partial charge in [-0.25, -0.2) is 0 Å². The fourth-order valence-electron chi connectivity index (χ4n) is 2.98. The highest BCUT2D eigenvalue weighted by Gasteiger charge is 2.26. The van der Waals surface area contributed by atoms with Crippen molar-refractivity contribution >= 4 is 10.8 Å². The molecule has 0 saturated heterocycles. The quantitative estimate of drug-likeness (QED) is 0.576. The molecule has 0 spiro atoms. The van der Waals surface area contributed by atoms with Crippen molar-refractivity contribution in [2.24, 2.45) is 0 Å². The average molecular weight is 230 g/mol. The van der Waals surface area contributed by atoms with Crippen LogP contribution in [0.25, 0.3) is 10.8 Å². The third kappa shape index (κ3) is 1.39. The number of rotatable bonds is 1. The second-order valence-corrected chi connectivity index (χ2v) is 5.06. The van der Waals surface area contributed by atoms with Gasteiger partial charge in [0, 0.05) is 5.92 Å². The molecule has 0 aromatic heterocycles. The van der Waals surface area contributed by atoms with Crippen molar-refractivity contribution in [3.05, 3.63) is 83.4 Å².